The Balaban J connectivity index is 0.00000133. The molecule has 1 aliphatic heterocycles. The molecule has 2 N–H and O–H groups in total. The van der Waals surface area contributed by atoms with Crippen molar-refractivity contribution >= 4 is 29.0 Å². The molecule has 4 nitrogen and oxygen atoms in total. The van der Waals surface area contributed by atoms with Gasteiger partial charge in [0.15, 0.2) is 0 Å². The van der Waals surface area contributed by atoms with Gasteiger partial charge in [0.05, 0.1) is 6.10 Å². The number of pyridine rings is 1. The number of hydrogen-bond acceptors (Lipinski definition) is 3. The van der Waals surface area contributed by atoms with Crippen LogP contribution >= 0.6 is 12.4 Å². The van der Waals surface area contributed by atoms with Gasteiger partial charge in [-0.2, -0.15) is 0 Å². The van der Waals surface area contributed by atoms with Crippen LogP contribution in [0.1, 0.15) is 12.8 Å². The summed E-state index contributed by atoms with van der Waals surface area (Å²) in [6.45, 7) is 1.77. The number of nitrogens with zero attached hydrogens (tertiary/aromatic N) is 1. The minimum Gasteiger partial charge on any atom is -0.393 e. The Bertz CT molecular complexity index is 618. The van der Waals surface area contributed by atoms with Gasteiger partial charge >= 0.3 is 0 Å². The normalized spacial score (nSPS) is 16.4. The van der Waals surface area contributed by atoms with Crippen LogP contribution in [0.15, 0.2) is 35.1 Å². The molecule has 0 unspecified atom stereocenters. The van der Waals surface area contributed by atoms with Gasteiger partial charge in [-0.1, -0.05) is 0 Å². The first-order valence-electron chi connectivity index (χ1n) is 6.28. The monoisotopic (exact) mass is 280 g/mol. The van der Waals surface area contributed by atoms with E-state index in [2.05, 4.69) is 16.0 Å². The molecule has 2 heterocycles. The van der Waals surface area contributed by atoms with Gasteiger partial charge in [-0.05, 0) is 37.1 Å². The third kappa shape index (κ3) is 2.91. The molecule has 1 fully saturated rings. The van der Waals surface area contributed by atoms with Gasteiger partial charge < -0.3 is 15.0 Å². The summed E-state index contributed by atoms with van der Waals surface area (Å²) in [7, 11) is 0. The number of fused-ring (bicyclic) bond motifs is 1. The Hall–Kier alpha value is -1.52. The molecule has 0 aliphatic carbocycles. The zero-order valence-electron chi connectivity index (χ0n) is 10.5. The fourth-order valence-electron chi connectivity index (χ4n) is 2.46. The first kappa shape index (κ1) is 13.9. The number of hydrogen-bond donors (Lipinski definition) is 2. The molecule has 1 aliphatic rings. The van der Waals surface area contributed by atoms with E-state index in [1.807, 2.05) is 18.2 Å². The summed E-state index contributed by atoms with van der Waals surface area (Å²) in [6, 6.07) is 9.44. The number of anilines is 1. The highest BCUT2D eigenvalue weighted by molar-refractivity contribution is 5.85. The third-order valence-electron chi connectivity index (χ3n) is 3.54. The summed E-state index contributed by atoms with van der Waals surface area (Å²) in [6.07, 6.45) is 1.49. The molecule has 5 heteroatoms. The van der Waals surface area contributed by atoms with Crippen molar-refractivity contribution < 1.29 is 5.11 Å². The van der Waals surface area contributed by atoms with Crippen molar-refractivity contribution in [1.82, 2.24) is 4.98 Å². The van der Waals surface area contributed by atoms with Crippen LogP contribution in [0.25, 0.3) is 10.9 Å². The predicted molar refractivity (Wildman–Crippen MR) is 79.3 cm³/mol. The molecule has 19 heavy (non-hydrogen) atoms. The van der Waals surface area contributed by atoms with E-state index in [4.69, 9.17) is 0 Å². The predicted octanol–water partition coefficient (Wildman–Crippen LogP) is 1.91. The van der Waals surface area contributed by atoms with Gasteiger partial charge in [0, 0.05) is 35.7 Å². The molecule has 0 saturated carbocycles. The first-order chi connectivity index (χ1) is 8.72. The molecular weight excluding hydrogens is 264 g/mol. The number of halogens is 1. The smallest absolute Gasteiger partial charge is 0.248 e. The molecule has 102 valence electrons. The average molecular weight is 281 g/mol. The second-order valence-corrected chi connectivity index (χ2v) is 4.81. The zero-order valence-corrected chi connectivity index (χ0v) is 11.3. The van der Waals surface area contributed by atoms with E-state index in [0.29, 0.717) is 0 Å². The van der Waals surface area contributed by atoms with Gasteiger partial charge in [-0.15, -0.1) is 12.4 Å². The first-order valence-corrected chi connectivity index (χ1v) is 6.28. The molecule has 1 aromatic heterocycles. The maximum absolute atomic E-state index is 11.2. The summed E-state index contributed by atoms with van der Waals surface area (Å²) in [4.78, 5) is 16.3. The van der Waals surface area contributed by atoms with Crippen molar-refractivity contribution in [3.05, 3.63) is 40.7 Å². The van der Waals surface area contributed by atoms with Crippen molar-refractivity contribution in [2.45, 2.75) is 18.9 Å². The summed E-state index contributed by atoms with van der Waals surface area (Å²) in [5.41, 5.74) is 1.95. The highest BCUT2D eigenvalue weighted by Crippen LogP contribution is 2.23. The van der Waals surface area contributed by atoms with Gasteiger partial charge in [-0.3, -0.25) is 4.79 Å². The fourth-order valence-corrected chi connectivity index (χ4v) is 2.46. The zero-order chi connectivity index (χ0) is 12.5. The largest absolute Gasteiger partial charge is 0.393 e. The average Bonchev–Trinajstić information content (AvgIpc) is 2.39. The van der Waals surface area contributed by atoms with Crippen molar-refractivity contribution in [3.8, 4) is 0 Å². The number of aromatic nitrogens is 1. The topological polar surface area (TPSA) is 56.3 Å². The molecule has 2 aromatic rings. The number of benzene rings is 1. The van der Waals surface area contributed by atoms with Crippen LogP contribution in [0, 0.1) is 0 Å². The Morgan fingerprint density at radius 1 is 1.16 bits per heavy atom. The van der Waals surface area contributed by atoms with Crippen LogP contribution in [0.4, 0.5) is 5.69 Å². The van der Waals surface area contributed by atoms with E-state index < -0.39 is 0 Å². The van der Waals surface area contributed by atoms with Gasteiger partial charge in [0.2, 0.25) is 5.56 Å². The number of aliphatic hydroxyl groups is 1. The Kier molecular flexibility index (Phi) is 4.12. The maximum Gasteiger partial charge on any atom is 0.248 e. The Morgan fingerprint density at radius 2 is 1.89 bits per heavy atom. The lowest BCUT2D eigenvalue weighted by molar-refractivity contribution is 0.145. The van der Waals surface area contributed by atoms with Gasteiger partial charge in [0.1, 0.15) is 0 Å². The van der Waals surface area contributed by atoms with Crippen molar-refractivity contribution in [1.29, 1.82) is 0 Å². The summed E-state index contributed by atoms with van der Waals surface area (Å²) < 4.78 is 0. The fraction of sp³-hybridized carbons (Fsp3) is 0.357. The molecule has 0 atom stereocenters. The van der Waals surface area contributed by atoms with Gasteiger partial charge in [-0.25, -0.2) is 0 Å². The van der Waals surface area contributed by atoms with Crippen LogP contribution in [0.3, 0.4) is 0 Å². The summed E-state index contributed by atoms with van der Waals surface area (Å²) in [5, 5.41) is 10.5. The van der Waals surface area contributed by atoms with E-state index in [0.717, 1.165) is 42.5 Å². The quantitative estimate of drug-likeness (QED) is 0.839. The number of H-pyrrole nitrogens is 1. The lowest BCUT2D eigenvalue weighted by Gasteiger charge is -2.31. The Labute approximate surface area is 117 Å². The highest BCUT2D eigenvalue weighted by atomic mass is 35.5. The standard InChI is InChI=1S/C14H16N2O2.ClH/c17-12-5-7-16(8-6-12)11-2-3-13-10(9-11)1-4-14(18)15-13;/h1-4,9,12,17H,5-8H2,(H,15,18);1H. The summed E-state index contributed by atoms with van der Waals surface area (Å²) >= 11 is 0. The van der Waals surface area contributed by atoms with Crippen molar-refractivity contribution in [2.75, 3.05) is 18.0 Å². The lowest BCUT2D eigenvalue weighted by atomic mass is 10.1. The molecule has 1 saturated heterocycles. The maximum atomic E-state index is 11.2. The SMILES string of the molecule is Cl.O=c1ccc2cc(N3CCC(O)CC3)ccc2[nH]1. The van der Waals surface area contributed by atoms with E-state index in [-0.39, 0.29) is 24.1 Å². The highest BCUT2D eigenvalue weighted by Gasteiger charge is 2.17. The molecular formula is C14H17ClN2O2. The van der Waals surface area contributed by atoms with E-state index >= 15 is 0 Å². The van der Waals surface area contributed by atoms with Crippen LogP contribution in [0.5, 0.6) is 0 Å². The third-order valence-corrected chi connectivity index (χ3v) is 3.54. The molecule has 0 spiro atoms. The van der Waals surface area contributed by atoms with Crippen molar-refractivity contribution in [2.24, 2.45) is 0 Å². The van der Waals surface area contributed by atoms with E-state index in [1.165, 1.54) is 0 Å². The molecule has 1 aromatic carbocycles. The van der Waals surface area contributed by atoms with Crippen LogP contribution in [-0.2, 0) is 0 Å². The van der Waals surface area contributed by atoms with Crippen LogP contribution in [-0.4, -0.2) is 29.3 Å². The van der Waals surface area contributed by atoms with Crippen LogP contribution in [0.2, 0.25) is 0 Å². The second-order valence-electron chi connectivity index (χ2n) is 4.81. The van der Waals surface area contributed by atoms with Gasteiger partial charge in [0.25, 0.3) is 0 Å². The number of aliphatic hydroxyl groups excluding tert-OH is 1. The van der Waals surface area contributed by atoms with E-state index in [1.54, 1.807) is 6.07 Å². The summed E-state index contributed by atoms with van der Waals surface area (Å²) in [5.74, 6) is 0. The Morgan fingerprint density at radius 3 is 2.63 bits per heavy atom. The minimum absolute atomic E-state index is 0. The molecule has 3 rings (SSSR count). The van der Waals surface area contributed by atoms with Crippen LogP contribution < -0.4 is 10.5 Å². The lowest BCUT2D eigenvalue weighted by Crippen LogP contribution is -2.35. The number of aromatic amines is 1. The molecule has 0 radical (unpaired) electrons. The minimum atomic E-state index is -0.155. The molecule has 0 amide bonds. The second kappa shape index (κ2) is 5.63. The number of nitrogens with one attached hydrogen (secondary N) is 1. The number of piperidine rings is 1. The number of rotatable bonds is 1. The van der Waals surface area contributed by atoms with Crippen molar-refractivity contribution in [3.63, 3.8) is 0 Å². The van der Waals surface area contributed by atoms with E-state index in [9.17, 15) is 9.90 Å². The molecule has 0 bridgehead atoms.